The highest BCUT2D eigenvalue weighted by Gasteiger charge is 2.17. The van der Waals surface area contributed by atoms with Crippen LogP contribution in [0.2, 0.25) is 10.0 Å². The molecule has 0 atom stereocenters. The zero-order valence-corrected chi connectivity index (χ0v) is 24.2. The molecule has 9 heteroatoms. The summed E-state index contributed by atoms with van der Waals surface area (Å²) in [5.41, 5.74) is 2.39. The maximum absolute atomic E-state index is 13.4. The van der Waals surface area contributed by atoms with Crippen molar-refractivity contribution in [3.63, 3.8) is 0 Å². The first-order chi connectivity index (χ1) is 20.3. The molecule has 0 unspecified atom stereocenters. The zero-order valence-electron chi connectivity index (χ0n) is 22.7. The Labute approximate surface area is 253 Å². The number of hydrogen-bond acceptors (Lipinski definition) is 5. The molecule has 0 aliphatic carbocycles. The lowest BCUT2D eigenvalue weighted by Crippen LogP contribution is -2.30. The third-order valence-electron chi connectivity index (χ3n) is 6.07. The number of hydrogen-bond donors (Lipinski definition) is 2. The van der Waals surface area contributed by atoms with E-state index in [1.807, 2.05) is 0 Å². The van der Waals surface area contributed by atoms with Crippen LogP contribution >= 0.6 is 23.2 Å². The Bertz CT molecular complexity index is 1670. The van der Waals surface area contributed by atoms with Crippen molar-refractivity contribution in [2.24, 2.45) is 0 Å². The van der Waals surface area contributed by atoms with E-state index in [-0.39, 0.29) is 11.5 Å². The number of carbonyl (C=O) groups is 3. The first kappa shape index (κ1) is 30.1. The van der Waals surface area contributed by atoms with Gasteiger partial charge in [-0.15, -0.1) is 0 Å². The molecule has 4 aromatic rings. The number of carbonyl (C=O) groups excluding carboxylic acids is 3. The molecule has 4 rings (SSSR count). The Morgan fingerprint density at radius 3 is 2.14 bits per heavy atom. The highest BCUT2D eigenvalue weighted by molar-refractivity contribution is 6.35. The van der Waals surface area contributed by atoms with Gasteiger partial charge in [-0.2, -0.15) is 0 Å². The Hall–Kier alpha value is -4.85. The number of rotatable bonds is 10. The van der Waals surface area contributed by atoms with E-state index in [2.05, 4.69) is 10.6 Å². The first-order valence-electron chi connectivity index (χ1n) is 12.7. The fourth-order valence-electron chi connectivity index (χ4n) is 3.85. The molecule has 212 valence electrons. The lowest BCUT2D eigenvalue weighted by Gasteiger charge is -2.13. The van der Waals surface area contributed by atoms with Crippen LogP contribution in [0.4, 0.5) is 5.69 Å². The maximum atomic E-state index is 13.4. The van der Waals surface area contributed by atoms with Gasteiger partial charge < -0.3 is 20.1 Å². The average molecular weight is 601 g/mol. The topological polar surface area (TPSA) is 93.7 Å². The Morgan fingerprint density at radius 1 is 0.762 bits per heavy atom. The zero-order chi connectivity index (χ0) is 30.1. The summed E-state index contributed by atoms with van der Waals surface area (Å²) in [6.45, 7) is 0. The van der Waals surface area contributed by atoms with Crippen LogP contribution in [0, 0.1) is 0 Å². The number of amides is 2. The number of halogens is 2. The molecule has 4 aromatic carbocycles. The summed E-state index contributed by atoms with van der Waals surface area (Å²) in [6, 6.07) is 25.0. The van der Waals surface area contributed by atoms with E-state index in [4.69, 9.17) is 32.7 Å². The molecule has 0 heterocycles. The van der Waals surface area contributed by atoms with Gasteiger partial charge >= 0.3 is 0 Å². The van der Waals surface area contributed by atoms with Crippen molar-refractivity contribution in [3.05, 3.63) is 135 Å². The molecule has 7 nitrogen and oxygen atoms in total. The summed E-state index contributed by atoms with van der Waals surface area (Å²) in [5.74, 6) is -0.263. The normalized spacial score (nSPS) is 11.2. The predicted molar refractivity (Wildman–Crippen MR) is 166 cm³/mol. The number of allylic oxidation sites excluding steroid dienone is 1. The SMILES string of the molecule is COc1ccc(/C=C(\NC(=O)c2ccccc2)C(=O)Nc2ccc(C(=O)/C=C/c3ccc(Cl)cc3Cl)cc2)c(OC)c1. The maximum Gasteiger partial charge on any atom is 0.272 e. The van der Waals surface area contributed by atoms with Crippen molar-refractivity contribution < 1.29 is 23.9 Å². The molecule has 0 spiro atoms. The van der Waals surface area contributed by atoms with Crippen LogP contribution < -0.4 is 20.1 Å². The standard InChI is InChI=1S/C33H26Cl2N2O5/c1-41-27-16-11-24(31(20-27)42-2)18-29(37-32(39)23-6-4-3-5-7-23)33(40)36-26-14-9-22(10-15-26)30(38)17-12-21-8-13-25(34)19-28(21)35/h3-20H,1-2H3,(H,36,40)(H,37,39)/b17-12+,29-18-. The van der Waals surface area contributed by atoms with Crippen LogP contribution in [0.1, 0.15) is 31.8 Å². The molecule has 0 radical (unpaired) electrons. The second kappa shape index (κ2) is 14.2. The Morgan fingerprint density at radius 2 is 1.48 bits per heavy atom. The molecule has 0 bridgehead atoms. The monoisotopic (exact) mass is 600 g/mol. The fraction of sp³-hybridized carbons (Fsp3) is 0.0606. The highest BCUT2D eigenvalue weighted by Crippen LogP contribution is 2.27. The van der Waals surface area contributed by atoms with Crippen LogP contribution in [-0.4, -0.2) is 31.8 Å². The van der Waals surface area contributed by atoms with E-state index < -0.39 is 11.8 Å². The van der Waals surface area contributed by atoms with Gasteiger partial charge in [0.1, 0.15) is 17.2 Å². The number of nitrogens with one attached hydrogen (secondary N) is 2. The lowest BCUT2D eigenvalue weighted by molar-refractivity contribution is -0.113. The minimum atomic E-state index is -0.575. The molecule has 2 amide bonds. The summed E-state index contributed by atoms with van der Waals surface area (Å²) in [6.07, 6.45) is 4.53. The largest absolute Gasteiger partial charge is 0.497 e. The van der Waals surface area contributed by atoms with E-state index in [0.29, 0.717) is 49.5 Å². The second-order valence-corrected chi connectivity index (χ2v) is 9.72. The van der Waals surface area contributed by atoms with E-state index in [1.165, 1.54) is 26.4 Å². The van der Waals surface area contributed by atoms with Crippen molar-refractivity contribution in [2.45, 2.75) is 0 Å². The Balaban J connectivity index is 1.54. The summed E-state index contributed by atoms with van der Waals surface area (Å²) < 4.78 is 10.7. The molecule has 42 heavy (non-hydrogen) atoms. The first-order valence-corrected chi connectivity index (χ1v) is 13.4. The van der Waals surface area contributed by atoms with Crippen LogP contribution in [0.25, 0.3) is 12.2 Å². The van der Waals surface area contributed by atoms with E-state index in [9.17, 15) is 14.4 Å². The van der Waals surface area contributed by atoms with Gasteiger partial charge in [-0.05, 0) is 84.5 Å². The molecule has 0 saturated heterocycles. The van der Waals surface area contributed by atoms with E-state index in [1.54, 1.807) is 97.1 Å². The lowest BCUT2D eigenvalue weighted by atomic mass is 10.1. The van der Waals surface area contributed by atoms with Gasteiger partial charge in [0.05, 0.1) is 14.2 Å². The summed E-state index contributed by atoms with van der Waals surface area (Å²) in [7, 11) is 3.03. The highest BCUT2D eigenvalue weighted by atomic mass is 35.5. The van der Waals surface area contributed by atoms with Crippen molar-refractivity contribution in [3.8, 4) is 11.5 Å². The molecule has 0 aromatic heterocycles. The van der Waals surface area contributed by atoms with Crippen molar-refractivity contribution in [1.82, 2.24) is 5.32 Å². The quantitative estimate of drug-likeness (QED) is 0.147. The van der Waals surface area contributed by atoms with Gasteiger partial charge in [-0.1, -0.05) is 47.5 Å². The summed E-state index contributed by atoms with van der Waals surface area (Å²) in [5, 5.41) is 6.39. The minimum absolute atomic E-state index is 0.0183. The summed E-state index contributed by atoms with van der Waals surface area (Å²) in [4.78, 5) is 39.0. The number of anilines is 1. The van der Waals surface area contributed by atoms with E-state index in [0.717, 1.165) is 0 Å². The van der Waals surface area contributed by atoms with Gasteiger partial charge in [0.15, 0.2) is 5.78 Å². The Kier molecular flexibility index (Phi) is 10.2. The van der Waals surface area contributed by atoms with Gasteiger partial charge in [0.25, 0.3) is 11.8 Å². The van der Waals surface area contributed by atoms with Crippen molar-refractivity contribution >= 4 is 58.6 Å². The predicted octanol–water partition coefficient (Wildman–Crippen LogP) is 7.32. The number of ether oxygens (including phenoxy) is 2. The molecular weight excluding hydrogens is 575 g/mol. The smallest absolute Gasteiger partial charge is 0.272 e. The molecule has 0 aliphatic rings. The molecular formula is C33H26Cl2N2O5. The third kappa shape index (κ3) is 7.87. The molecule has 0 fully saturated rings. The van der Waals surface area contributed by atoms with Gasteiger partial charge in [0, 0.05) is 38.5 Å². The molecule has 2 N–H and O–H groups in total. The van der Waals surface area contributed by atoms with Crippen LogP contribution in [-0.2, 0) is 4.79 Å². The van der Waals surface area contributed by atoms with Crippen LogP contribution in [0.5, 0.6) is 11.5 Å². The van der Waals surface area contributed by atoms with Gasteiger partial charge in [-0.25, -0.2) is 0 Å². The van der Waals surface area contributed by atoms with Crippen LogP contribution in [0.15, 0.2) is 103 Å². The minimum Gasteiger partial charge on any atom is -0.497 e. The second-order valence-electron chi connectivity index (χ2n) is 8.88. The van der Waals surface area contributed by atoms with Crippen LogP contribution in [0.3, 0.4) is 0 Å². The van der Waals surface area contributed by atoms with E-state index >= 15 is 0 Å². The molecule has 0 saturated carbocycles. The number of benzene rings is 4. The third-order valence-corrected chi connectivity index (χ3v) is 6.64. The fourth-order valence-corrected chi connectivity index (χ4v) is 4.32. The summed E-state index contributed by atoms with van der Waals surface area (Å²) >= 11 is 12.1. The number of ketones is 1. The number of methoxy groups -OCH3 is 2. The van der Waals surface area contributed by atoms with Crippen molar-refractivity contribution in [1.29, 1.82) is 0 Å². The molecule has 0 aliphatic heterocycles. The van der Waals surface area contributed by atoms with Crippen molar-refractivity contribution in [2.75, 3.05) is 19.5 Å². The van der Waals surface area contributed by atoms with Gasteiger partial charge in [-0.3, -0.25) is 14.4 Å². The average Bonchev–Trinajstić information content (AvgIpc) is 3.01. The van der Waals surface area contributed by atoms with Gasteiger partial charge in [0.2, 0.25) is 0 Å².